The van der Waals surface area contributed by atoms with Crippen molar-refractivity contribution in [2.75, 3.05) is 5.58 Å². The van der Waals surface area contributed by atoms with Gasteiger partial charge in [-0.25, -0.2) is 13.2 Å². The van der Waals surface area contributed by atoms with E-state index in [0.717, 1.165) is 6.92 Å². The topological polar surface area (TPSA) is 0 Å². The van der Waals surface area contributed by atoms with E-state index in [1.807, 2.05) is 0 Å². The quantitative estimate of drug-likeness (QED) is 0.623. The SMILES string of the molecule is CCCC(C)(F)F.FCBr. The summed E-state index contributed by atoms with van der Waals surface area (Å²) in [6.07, 6.45) is 0.566. The van der Waals surface area contributed by atoms with Gasteiger partial charge in [-0.15, -0.1) is 0 Å². The average Bonchev–Trinajstić information content (AvgIpc) is 1.63. The third-order valence-electron chi connectivity index (χ3n) is 0.689. The van der Waals surface area contributed by atoms with Crippen molar-refractivity contribution in [3.63, 3.8) is 0 Å². The molecule has 0 amide bonds. The maximum atomic E-state index is 11.7. The smallest absolute Gasteiger partial charge is 0.239 e. The van der Waals surface area contributed by atoms with Crippen LogP contribution in [0.25, 0.3) is 0 Å². The van der Waals surface area contributed by atoms with E-state index < -0.39 is 11.5 Å². The van der Waals surface area contributed by atoms with Gasteiger partial charge in [0, 0.05) is 6.42 Å². The van der Waals surface area contributed by atoms with Crippen molar-refractivity contribution in [1.29, 1.82) is 0 Å². The van der Waals surface area contributed by atoms with Crippen LogP contribution in [0.2, 0.25) is 0 Å². The number of hydrogen-bond donors (Lipinski definition) is 0. The molecule has 0 aliphatic heterocycles. The van der Waals surface area contributed by atoms with Crippen LogP contribution in [0.4, 0.5) is 13.2 Å². The van der Waals surface area contributed by atoms with E-state index in [-0.39, 0.29) is 6.42 Å². The van der Waals surface area contributed by atoms with Gasteiger partial charge in [-0.3, -0.25) is 0 Å². The Balaban J connectivity index is 0. The molecule has 0 fully saturated rings. The normalized spacial score (nSPS) is 10.2. The number of halogens is 4. The molecule has 0 spiro atoms. The third kappa shape index (κ3) is 24.0. The van der Waals surface area contributed by atoms with E-state index in [4.69, 9.17) is 0 Å². The molecule has 4 heteroatoms. The summed E-state index contributed by atoms with van der Waals surface area (Å²) >= 11 is 2.48. The van der Waals surface area contributed by atoms with Crippen LogP contribution in [0, 0.1) is 0 Å². The van der Waals surface area contributed by atoms with Crippen molar-refractivity contribution in [2.45, 2.75) is 32.6 Å². The molecule has 0 saturated heterocycles. The Bertz CT molecular complexity index is 60.5. The second-order valence-corrected chi connectivity index (χ2v) is 2.35. The van der Waals surface area contributed by atoms with Gasteiger partial charge >= 0.3 is 0 Å². The fourth-order valence-electron chi connectivity index (χ4n) is 0.439. The summed E-state index contributed by atoms with van der Waals surface area (Å²) in [6, 6.07) is 0. The first-order chi connectivity index (χ1) is 4.47. The molecule has 0 aliphatic rings. The standard InChI is InChI=1S/C5H10F2.CH2BrF/c1-3-4-5(2,6)7;2-1-3/h3-4H2,1-2H3;1H2. The van der Waals surface area contributed by atoms with Crippen LogP contribution in [0.15, 0.2) is 0 Å². The van der Waals surface area contributed by atoms with Gasteiger partial charge in [-0.1, -0.05) is 29.3 Å². The van der Waals surface area contributed by atoms with E-state index in [2.05, 4.69) is 15.9 Å². The lowest BCUT2D eigenvalue weighted by atomic mass is 10.2. The zero-order valence-electron chi connectivity index (χ0n) is 6.13. The maximum absolute atomic E-state index is 11.7. The van der Waals surface area contributed by atoms with Crippen LogP contribution in [0.5, 0.6) is 0 Å². The molecular formula is C6H12BrF3. The highest BCUT2D eigenvalue weighted by atomic mass is 79.9. The van der Waals surface area contributed by atoms with Crippen LogP contribution >= 0.6 is 15.9 Å². The van der Waals surface area contributed by atoms with Crippen molar-refractivity contribution in [2.24, 2.45) is 0 Å². The maximum Gasteiger partial charge on any atom is 0.245 e. The molecule has 0 aliphatic carbocycles. The molecule has 0 heterocycles. The van der Waals surface area contributed by atoms with E-state index in [1.165, 1.54) is 0 Å². The molecule has 10 heavy (non-hydrogen) atoms. The Morgan fingerprint density at radius 2 is 1.70 bits per heavy atom. The number of rotatable bonds is 2. The zero-order chi connectivity index (χ0) is 8.62. The lowest BCUT2D eigenvalue weighted by molar-refractivity contribution is 0.0123. The summed E-state index contributed by atoms with van der Waals surface area (Å²) in [5.41, 5.74) is -0.438. The van der Waals surface area contributed by atoms with Crippen LogP contribution in [-0.2, 0) is 0 Å². The fourth-order valence-corrected chi connectivity index (χ4v) is 0.439. The van der Waals surface area contributed by atoms with Crippen LogP contribution < -0.4 is 0 Å². The van der Waals surface area contributed by atoms with Gasteiger partial charge in [0.1, 0.15) is 5.58 Å². The van der Waals surface area contributed by atoms with Gasteiger partial charge in [0.05, 0.1) is 0 Å². The Morgan fingerprint density at radius 3 is 1.70 bits per heavy atom. The van der Waals surface area contributed by atoms with Crippen molar-refractivity contribution in [1.82, 2.24) is 0 Å². The number of hydrogen-bond acceptors (Lipinski definition) is 0. The molecule has 0 aromatic rings. The predicted molar refractivity (Wildman–Crippen MR) is 40.4 cm³/mol. The van der Waals surface area contributed by atoms with E-state index in [1.54, 1.807) is 6.92 Å². The van der Waals surface area contributed by atoms with Gasteiger partial charge < -0.3 is 0 Å². The van der Waals surface area contributed by atoms with E-state index >= 15 is 0 Å². The van der Waals surface area contributed by atoms with Gasteiger partial charge in [0.2, 0.25) is 5.92 Å². The highest BCUT2D eigenvalue weighted by Crippen LogP contribution is 2.17. The monoisotopic (exact) mass is 220 g/mol. The zero-order valence-corrected chi connectivity index (χ0v) is 7.72. The van der Waals surface area contributed by atoms with Crippen molar-refractivity contribution in [3.05, 3.63) is 0 Å². The van der Waals surface area contributed by atoms with Crippen LogP contribution in [-0.4, -0.2) is 11.5 Å². The number of alkyl halides is 4. The van der Waals surface area contributed by atoms with Gasteiger partial charge in [0.25, 0.3) is 0 Å². The molecule has 0 N–H and O–H groups in total. The fraction of sp³-hybridized carbons (Fsp3) is 1.00. The summed E-state index contributed by atoms with van der Waals surface area (Å²) < 4.78 is 33.7. The summed E-state index contributed by atoms with van der Waals surface area (Å²) in [7, 11) is 0. The molecule has 0 nitrogen and oxygen atoms in total. The van der Waals surface area contributed by atoms with Crippen LogP contribution in [0.1, 0.15) is 26.7 Å². The molecule has 0 aromatic carbocycles. The molecule has 0 saturated carbocycles. The first-order valence-corrected chi connectivity index (χ1v) is 4.09. The third-order valence-corrected chi connectivity index (χ3v) is 0.689. The summed E-state index contributed by atoms with van der Waals surface area (Å²) in [6.45, 7) is 2.69. The van der Waals surface area contributed by atoms with E-state index in [0.29, 0.717) is 6.42 Å². The largest absolute Gasteiger partial charge is 0.245 e. The molecular weight excluding hydrogens is 209 g/mol. The molecule has 0 aromatic heterocycles. The predicted octanol–water partition coefficient (Wildman–Crippen LogP) is 3.75. The van der Waals surface area contributed by atoms with Crippen LogP contribution in [0.3, 0.4) is 0 Å². The van der Waals surface area contributed by atoms with Crippen molar-refractivity contribution in [3.8, 4) is 0 Å². The Morgan fingerprint density at radius 1 is 1.40 bits per heavy atom. The molecule has 0 bridgehead atoms. The lowest BCUT2D eigenvalue weighted by Crippen LogP contribution is -2.07. The first kappa shape index (κ1) is 12.9. The van der Waals surface area contributed by atoms with Crippen molar-refractivity contribution >= 4 is 15.9 Å². The van der Waals surface area contributed by atoms with Crippen molar-refractivity contribution < 1.29 is 13.2 Å². The molecule has 64 valence electrons. The Kier molecular flexibility index (Phi) is 9.52. The summed E-state index contributed by atoms with van der Waals surface area (Å²) in [4.78, 5) is 0. The second kappa shape index (κ2) is 7.38. The van der Waals surface area contributed by atoms with E-state index in [9.17, 15) is 13.2 Å². The van der Waals surface area contributed by atoms with Gasteiger partial charge in [0.15, 0.2) is 0 Å². The highest BCUT2D eigenvalue weighted by Gasteiger charge is 2.17. The first-order valence-electron chi connectivity index (χ1n) is 2.97. The molecule has 0 rings (SSSR count). The van der Waals surface area contributed by atoms with Gasteiger partial charge in [-0.2, -0.15) is 0 Å². The lowest BCUT2D eigenvalue weighted by Gasteiger charge is -2.05. The average molecular weight is 221 g/mol. The molecule has 0 unspecified atom stereocenters. The Labute approximate surface area is 67.9 Å². The molecule has 0 atom stereocenters. The highest BCUT2D eigenvalue weighted by molar-refractivity contribution is 9.09. The Hall–Kier alpha value is 0.270. The molecule has 0 radical (unpaired) electrons. The minimum atomic E-state index is -2.45. The second-order valence-electron chi connectivity index (χ2n) is 1.92. The summed E-state index contributed by atoms with van der Waals surface area (Å²) in [5.74, 6) is -2.45. The minimum Gasteiger partial charge on any atom is -0.239 e. The minimum absolute atomic E-state index is 0.00694. The van der Waals surface area contributed by atoms with Gasteiger partial charge in [-0.05, 0) is 6.92 Å². The summed E-state index contributed by atoms with van der Waals surface area (Å²) in [5, 5.41) is 0.